The number of anilines is 1. The molecule has 1 rings (SSSR count). The van der Waals surface area contributed by atoms with Gasteiger partial charge in [-0.3, -0.25) is 4.79 Å². The third-order valence-corrected chi connectivity index (χ3v) is 2.80. The lowest BCUT2D eigenvalue weighted by Crippen LogP contribution is -2.33. The topological polar surface area (TPSA) is 40.5 Å². The number of rotatable bonds is 6. The summed E-state index contributed by atoms with van der Waals surface area (Å²) in [6.45, 7) is 7.09. The van der Waals surface area contributed by atoms with Crippen LogP contribution in [0.4, 0.5) is 5.69 Å². The highest BCUT2D eigenvalue weighted by molar-refractivity contribution is 5.85. The third-order valence-electron chi connectivity index (χ3n) is 2.80. The summed E-state index contributed by atoms with van der Waals surface area (Å²) >= 11 is 0. The number of carbonyl (C=O) groups is 1. The first-order chi connectivity index (χ1) is 8.10. The smallest absolute Gasteiger partial charge is 0.152 e. The quantitative estimate of drug-likeness (QED) is 0.770. The number of carbonyl (C=O) groups excluding carboxylic acids is 1. The van der Waals surface area contributed by atoms with Gasteiger partial charge in [0.25, 0.3) is 0 Å². The number of hydrogen-bond donors (Lipinski definition) is 1. The second-order valence-electron chi connectivity index (χ2n) is 4.54. The third kappa shape index (κ3) is 3.56. The van der Waals surface area contributed by atoms with Crippen molar-refractivity contribution in [3.05, 3.63) is 29.3 Å². The van der Waals surface area contributed by atoms with Gasteiger partial charge < -0.3 is 10.0 Å². The molecule has 0 aromatic heterocycles. The van der Waals surface area contributed by atoms with Crippen LogP contribution in [0.2, 0.25) is 0 Å². The molecule has 0 aliphatic rings. The Hall–Kier alpha value is -1.35. The van der Waals surface area contributed by atoms with Gasteiger partial charge in [-0.1, -0.05) is 11.6 Å². The summed E-state index contributed by atoms with van der Waals surface area (Å²) in [4.78, 5) is 13.3. The molecule has 0 heterocycles. The zero-order valence-corrected chi connectivity index (χ0v) is 10.8. The van der Waals surface area contributed by atoms with Gasteiger partial charge in [0, 0.05) is 30.4 Å². The number of hydrogen-bond acceptors (Lipinski definition) is 3. The number of aldehydes is 1. The monoisotopic (exact) mass is 235 g/mol. The summed E-state index contributed by atoms with van der Waals surface area (Å²) in [5.74, 6) is 0. The molecular formula is C14H21NO2. The van der Waals surface area contributed by atoms with Crippen LogP contribution in [-0.2, 0) is 0 Å². The maximum atomic E-state index is 11.1. The number of aliphatic hydroxyl groups excluding tert-OH is 1. The maximum absolute atomic E-state index is 11.1. The Morgan fingerprint density at radius 2 is 2.12 bits per heavy atom. The number of nitrogens with zero attached hydrogens (tertiary/aromatic N) is 1. The lowest BCUT2D eigenvalue weighted by atomic mass is 10.1. The summed E-state index contributed by atoms with van der Waals surface area (Å²) < 4.78 is 0. The Balaban J connectivity index is 3.04. The first kappa shape index (κ1) is 13.7. The molecule has 0 amide bonds. The number of aliphatic hydroxyl groups is 1. The fourth-order valence-electron chi connectivity index (χ4n) is 1.93. The first-order valence-electron chi connectivity index (χ1n) is 6.03. The zero-order valence-electron chi connectivity index (χ0n) is 10.8. The summed E-state index contributed by atoms with van der Waals surface area (Å²) in [6, 6.07) is 6.20. The van der Waals surface area contributed by atoms with E-state index in [0.29, 0.717) is 12.5 Å². The van der Waals surface area contributed by atoms with Gasteiger partial charge in [0.15, 0.2) is 6.29 Å². The highest BCUT2D eigenvalue weighted by Crippen LogP contribution is 2.22. The lowest BCUT2D eigenvalue weighted by Gasteiger charge is -2.30. The van der Waals surface area contributed by atoms with Crippen LogP contribution in [0.15, 0.2) is 18.2 Å². The molecule has 0 aliphatic heterocycles. The van der Waals surface area contributed by atoms with E-state index in [0.717, 1.165) is 29.6 Å². The highest BCUT2D eigenvalue weighted by atomic mass is 16.3. The summed E-state index contributed by atoms with van der Waals surface area (Å²) in [7, 11) is 0. The highest BCUT2D eigenvalue weighted by Gasteiger charge is 2.13. The van der Waals surface area contributed by atoms with E-state index in [1.54, 1.807) is 0 Å². The standard InChI is InChI=1S/C14H21NO2/c1-11(2)15(7-4-8-16)14-6-5-12(3)9-13(14)10-17/h5-6,9-11,16H,4,7-8H2,1-3H3. The molecule has 0 saturated carbocycles. The van der Waals surface area contributed by atoms with Crippen molar-refractivity contribution in [2.45, 2.75) is 33.2 Å². The fraction of sp³-hybridized carbons (Fsp3) is 0.500. The van der Waals surface area contributed by atoms with E-state index in [1.165, 1.54) is 0 Å². The van der Waals surface area contributed by atoms with Crippen molar-refractivity contribution in [3.8, 4) is 0 Å². The Bertz CT molecular complexity index is 374. The van der Waals surface area contributed by atoms with Gasteiger partial charge >= 0.3 is 0 Å². The van der Waals surface area contributed by atoms with E-state index >= 15 is 0 Å². The van der Waals surface area contributed by atoms with Gasteiger partial charge in [-0.25, -0.2) is 0 Å². The van der Waals surface area contributed by atoms with Gasteiger partial charge in [0.05, 0.1) is 0 Å². The summed E-state index contributed by atoms with van der Waals surface area (Å²) in [5.41, 5.74) is 2.76. The van der Waals surface area contributed by atoms with Crippen molar-refractivity contribution in [1.82, 2.24) is 0 Å². The molecule has 94 valence electrons. The molecule has 0 aliphatic carbocycles. The van der Waals surface area contributed by atoms with Crippen LogP contribution >= 0.6 is 0 Å². The van der Waals surface area contributed by atoms with Crippen LogP contribution in [0.5, 0.6) is 0 Å². The Kier molecular flexibility index (Phi) is 5.16. The van der Waals surface area contributed by atoms with Crippen molar-refractivity contribution < 1.29 is 9.90 Å². The molecule has 1 N–H and O–H groups in total. The van der Waals surface area contributed by atoms with E-state index in [2.05, 4.69) is 18.7 Å². The molecule has 0 radical (unpaired) electrons. The molecule has 0 bridgehead atoms. The van der Waals surface area contributed by atoms with E-state index in [1.807, 2.05) is 25.1 Å². The van der Waals surface area contributed by atoms with Gasteiger partial charge in [-0.15, -0.1) is 0 Å². The molecule has 0 atom stereocenters. The lowest BCUT2D eigenvalue weighted by molar-refractivity contribution is 0.112. The minimum absolute atomic E-state index is 0.172. The van der Waals surface area contributed by atoms with Gasteiger partial charge in [0.1, 0.15) is 0 Å². The van der Waals surface area contributed by atoms with Crippen LogP contribution < -0.4 is 4.90 Å². The van der Waals surface area contributed by atoms with E-state index in [-0.39, 0.29) is 6.61 Å². The number of aryl methyl sites for hydroxylation is 1. The van der Waals surface area contributed by atoms with Crippen LogP contribution in [0.3, 0.4) is 0 Å². The Morgan fingerprint density at radius 1 is 1.41 bits per heavy atom. The van der Waals surface area contributed by atoms with Crippen molar-refractivity contribution in [2.24, 2.45) is 0 Å². The molecule has 17 heavy (non-hydrogen) atoms. The van der Waals surface area contributed by atoms with E-state index in [4.69, 9.17) is 5.11 Å². The maximum Gasteiger partial charge on any atom is 0.152 e. The van der Waals surface area contributed by atoms with E-state index < -0.39 is 0 Å². The molecule has 1 aromatic carbocycles. The molecule has 0 unspecified atom stereocenters. The van der Waals surface area contributed by atoms with Crippen molar-refractivity contribution in [2.75, 3.05) is 18.1 Å². The Morgan fingerprint density at radius 3 is 2.65 bits per heavy atom. The van der Waals surface area contributed by atoms with Crippen molar-refractivity contribution in [1.29, 1.82) is 0 Å². The van der Waals surface area contributed by atoms with Crippen molar-refractivity contribution >= 4 is 12.0 Å². The SMILES string of the molecule is Cc1ccc(N(CCCO)C(C)C)c(C=O)c1. The Labute approximate surface area is 103 Å². The first-order valence-corrected chi connectivity index (χ1v) is 6.03. The van der Waals surface area contributed by atoms with Crippen LogP contribution in [0, 0.1) is 6.92 Å². The molecule has 0 fully saturated rings. The van der Waals surface area contributed by atoms with Crippen LogP contribution in [-0.4, -0.2) is 30.6 Å². The molecular weight excluding hydrogens is 214 g/mol. The summed E-state index contributed by atoms with van der Waals surface area (Å²) in [6.07, 6.45) is 1.61. The zero-order chi connectivity index (χ0) is 12.8. The normalized spacial score (nSPS) is 10.6. The summed E-state index contributed by atoms with van der Waals surface area (Å²) in [5, 5.41) is 8.92. The van der Waals surface area contributed by atoms with Crippen LogP contribution in [0.1, 0.15) is 36.2 Å². The molecule has 3 nitrogen and oxygen atoms in total. The van der Waals surface area contributed by atoms with E-state index in [9.17, 15) is 4.79 Å². The molecule has 1 aromatic rings. The molecule has 0 spiro atoms. The second-order valence-corrected chi connectivity index (χ2v) is 4.54. The molecule has 3 heteroatoms. The largest absolute Gasteiger partial charge is 0.396 e. The minimum Gasteiger partial charge on any atom is -0.396 e. The minimum atomic E-state index is 0.172. The number of benzene rings is 1. The average Bonchev–Trinajstić information content (AvgIpc) is 2.30. The molecule has 0 saturated heterocycles. The van der Waals surface area contributed by atoms with Gasteiger partial charge in [0.2, 0.25) is 0 Å². The van der Waals surface area contributed by atoms with Gasteiger partial charge in [-0.05, 0) is 39.3 Å². The predicted octanol–water partition coefficient (Wildman–Crippen LogP) is 2.40. The predicted molar refractivity (Wildman–Crippen MR) is 70.8 cm³/mol. The second kappa shape index (κ2) is 6.40. The van der Waals surface area contributed by atoms with Crippen molar-refractivity contribution in [3.63, 3.8) is 0 Å². The van der Waals surface area contributed by atoms with Crippen LogP contribution in [0.25, 0.3) is 0 Å². The average molecular weight is 235 g/mol. The fourth-order valence-corrected chi connectivity index (χ4v) is 1.93. The van der Waals surface area contributed by atoms with Gasteiger partial charge in [-0.2, -0.15) is 0 Å².